The number of allylic oxidation sites excluding steroid dienone is 1. The van der Waals surface area contributed by atoms with Crippen LogP contribution in [0.25, 0.3) is 0 Å². The molecule has 0 saturated heterocycles. The summed E-state index contributed by atoms with van der Waals surface area (Å²) >= 11 is 0. The van der Waals surface area contributed by atoms with Crippen LogP contribution in [0.15, 0.2) is 43.0 Å². The Kier molecular flexibility index (Phi) is 5.79. The third-order valence-corrected chi connectivity index (χ3v) is 2.96. The first kappa shape index (κ1) is 15.0. The number of hydrogen-bond donors (Lipinski definition) is 0. The topological polar surface area (TPSA) is 52.6 Å². The maximum Gasteiger partial charge on any atom is 0.320 e. The molecule has 0 unspecified atom stereocenters. The summed E-state index contributed by atoms with van der Waals surface area (Å²) in [6.45, 7) is 3.70. The molecule has 102 valence electrons. The van der Waals surface area contributed by atoms with Gasteiger partial charge in [0.2, 0.25) is 0 Å². The second-order valence-electron chi connectivity index (χ2n) is 4.11. The van der Waals surface area contributed by atoms with Gasteiger partial charge in [0.15, 0.2) is 5.92 Å². The first-order valence-electron chi connectivity index (χ1n) is 5.96. The zero-order valence-corrected chi connectivity index (χ0v) is 11.2. The van der Waals surface area contributed by atoms with Crippen LogP contribution < -0.4 is 0 Å². The molecule has 4 nitrogen and oxygen atoms in total. The molecular weight excluding hydrogens is 244 g/mol. The standard InChI is InChI=1S/C15H18O4/c1-4-12(10-11-8-6-5-7-9-11)13(14(16)18-2)15(17)19-3/h4-9,12-13H,1,10H2,2-3H3/t12-/m1/s1. The minimum absolute atomic E-state index is 0.359. The molecule has 19 heavy (non-hydrogen) atoms. The molecule has 0 amide bonds. The van der Waals surface area contributed by atoms with Crippen molar-refractivity contribution in [2.75, 3.05) is 14.2 Å². The van der Waals surface area contributed by atoms with Crippen molar-refractivity contribution in [2.24, 2.45) is 11.8 Å². The van der Waals surface area contributed by atoms with Crippen LogP contribution in [0.3, 0.4) is 0 Å². The molecular formula is C15H18O4. The Morgan fingerprint density at radius 1 is 1.16 bits per heavy atom. The minimum Gasteiger partial charge on any atom is -0.468 e. The number of rotatable bonds is 6. The summed E-state index contributed by atoms with van der Waals surface area (Å²) in [7, 11) is 2.50. The smallest absolute Gasteiger partial charge is 0.320 e. The average molecular weight is 262 g/mol. The third kappa shape index (κ3) is 3.95. The van der Waals surface area contributed by atoms with Crippen molar-refractivity contribution in [1.82, 2.24) is 0 Å². The summed E-state index contributed by atoms with van der Waals surface area (Å²) in [5, 5.41) is 0. The summed E-state index contributed by atoms with van der Waals surface area (Å²) in [5.74, 6) is -2.55. The van der Waals surface area contributed by atoms with E-state index in [2.05, 4.69) is 16.1 Å². The lowest BCUT2D eigenvalue weighted by Crippen LogP contribution is -2.33. The van der Waals surface area contributed by atoms with Crippen molar-refractivity contribution in [3.8, 4) is 0 Å². The van der Waals surface area contributed by atoms with E-state index in [1.807, 2.05) is 30.3 Å². The van der Waals surface area contributed by atoms with E-state index < -0.39 is 17.9 Å². The maximum atomic E-state index is 11.7. The zero-order valence-electron chi connectivity index (χ0n) is 11.2. The van der Waals surface area contributed by atoms with Crippen LogP contribution in [0.4, 0.5) is 0 Å². The molecule has 0 aliphatic heterocycles. The van der Waals surface area contributed by atoms with Gasteiger partial charge in [0.25, 0.3) is 0 Å². The first-order valence-corrected chi connectivity index (χ1v) is 5.96. The molecule has 0 aromatic heterocycles. The predicted molar refractivity (Wildman–Crippen MR) is 71.4 cm³/mol. The molecule has 1 atom stereocenters. The quantitative estimate of drug-likeness (QED) is 0.447. The van der Waals surface area contributed by atoms with Gasteiger partial charge in [-0.15, -0.1) is 6.58 Å². The predicted octanol–water partition coefficient (Wildman–Crippen LogP) is 1.99. The normalized spacial score (nSPS) is 11.7. The van der Waals surface area contributed by atoms with Gasteiger partial charge in [0, 0.05) is 5.92 Å². The largest absolute Gasteiger partial charge is 0.468 e. The van der Waals surface area contributed by atoms with Crippen molar-refractivity contribution in [3.05, 3.63) is 48.6 Å². The number of ether oxygens (including phenoxy) is 2. The van der Waals surface area contributed by atoms with Gasteiger partial charge >= 0.3 is 11.9 Å². The summed E-state index contributed by atoms with van der Waals surface area (Å²) in [6, 6.07) is 9.58. The van der Waals surface area contributed by atoms with Gasteiger partial charge in [-0.2, -0.15) is 0 Å². The van der Waals surface area contributed by atoms with Crippen LogP contribution in [0.1, 0.15) is 5.56 Å². The summed E-state index contributed by atoms with van der Waals surface area (Å²) in [6.07, 6.45) is 2.12. The number of methoxy groups -OCH3 is 2. The highest BCUT2D eigenvalue weighted by atomic mass is 16.5. The van der Waals surface area contributed by atoms with Gasteiger partial charge < -0.3 is 9.47 Å². The van der Waals surface area contributed by atoms with Gasteiger partial charge in [-0.25, -0.2) is 0 Å². The molecule has 1 rings (SSSR count). The Hall–Kier alpha value is -2.10. The summed E-state index contributed by atoms with van der Waals surface area (Å²) < 4.78 is 9.34. The molecule has 0 radical (unpaired) electrons. The summed E-state index contributed by atoms with van der Waals surface area (Å²) in [4.78, 5) is 23.5. The molecule has 0 aliphatic rings. The van der Waals surface area contributed by atoms with E-state index in [1.165, 1.54) is 14.2 Å². The van der Waals surface area contributed by atoms with E-state index in [4.69, 9.17) is 0 Å². The van der Waals surface area contributed by atoms with E-state index in [0.717, 1.165) is 5.56 Å². The van der Waals surface area contributed by atoms with Crippen molar-refractivity contribution < 1.29 is 19.1 Å². The molecule has 1 aromatic rings. The lowest BCUT2D eigenvalue weighted by atomic mass is 9.87. The Morgan fingerprint density at radius 2 is 1.68 bits per heavy atom. The van der Waals surface area contributed by atoms with E-state index in [1.54, 1.807) is 6.08 Å². The molecule has 0 saturated carbocycles. The zero-order chi connectivity index (χ0) is 14.3. The lowest BCUT2D eigenvalue weighted by molar-refractivity contribution is -0.160. The number of carbonyl (C=O) groups is 2. The third-order valence-electron chi connectivity index (χ3n) is 2.96. The fourth-order valence-electron chi connectivity index (χ4n) is 1.92. The molecule has 0 fully saturated rings. The Bertz CT molecular complexity index is 423. The fourth-order valence-corrected chi connectivity index (χ4v) is 1.92. The molecule has 1 aromatic carbocycles. The van der Waals surface area contributed by atoms with Crippen LogP contribution in [-0.4, -0.2) is 26.2 Å². The Labute approximate surface area is 113 Å². The van der Waals surface area contributed by atoms with Crippen molar-refractivity contribution in [2.45, 2.75) is 6.42 Å². The van der Waals surface area contributed by atoms with Gasteiger partial charge in [-0.05, 0) is 12.0 Å². The number of carbonyl (C=O) groups excluding carboxylic acids is 2. The second kappa shape index (κ2) is 7.36. The highest BCUT2D eigenvalue weighted by molar-refractivity contribution is 5.95. The van der Waals surface area contributed by atoms with E-state index >= 15 is 0 Å². The minimum atomic E-state index is -0.979. The number of benzene rings is 1. The van der Waals surface area contributed by atoms with E-state index in [0.29, 0.717) is 6.42 Å². The van der Waals surface area contributed by atoms with Gasteiger partial charge in [-0.3, -0.25) is 9.59 Å². The lowest BCUT2D eigenvalue weighted by Gasteiger charge is -2.20. The van der Waals surface area contributed by atoms with Gasteiger partial charge in [-0.1, -0.05) is 36.4 Å². The van der Waals surface area contributed by atoms with Gasteiger partial charge in [0.1, 0.15) is 0 Å². The molecule has 0 bridgehead atoms. The second-order valence-corrected chi connectivity index (χ2v) is 4.11. The van der Waals surface area contributed by atoms with Crippen LogP contribution in [-0.2, 0) is 25.5 Å². The number of hydrogen-bond acceptors (Lipinski definition) is 4. The fraction of sp³-hybridized carbons (Fsp3) is 0.333. The molecule has 4 heteroatoms. The van der Waals surface area contributed by atoms with Crippen LogP contribution in [0, 0.1) is 11.8 Å². The highest BCUT2D eigenvalue weighted by Crippen LogP contribution is 2.21. The average Bonchev–Trinajstić information content (AvgIpc) is 2.46. The van der Waals surface area contributed by atoms with Crippen molar-refractivity contribution in [3.63, 3.8) is 0 Å². The van der Waals surface area contributed by atoms with Crippen LogP contribution >= 0.6 is 0 Å². The maximum absolute atomic E-state index is 11.7. The molecule has 0 aliphatic carbocycles. The van der Waals surface area contributed by atoms with E-state index in [-0.39, 0.29) is 5.92 Å². The Balaban J connectivity index is 2.93. The van der Waals surface area contributed by atoms with Crippen molar-refractivity contribution >= 4 is 11.9 Å². The highest BCUT2D eigenvalue weighted by Gasteiger charge is 2.35. The summed E-state index contributed by atoms with van der Waals surface area (Å²) in [5.41, 5.74) is 1.02. The molecule has 0 heterocycles. The Morgan fingerprint density at radius 3 is 2.11 bits per heavy atom. The monoisotopic (exact) mass is 262 g/mol. The van der Waals surface area contributed by atoms with Crippen LogP contribution in [0.5, 0.6) is 0 Å². The van der Waals surface area contributed by atoms with Crippen LogP contribution in [0.2, 0.25) is 0 Å². The van der Waals surface area contributed by atoms with Gasteiger partial charge in [0.05, 0.1) is 14.2 Å². The molecule has 0 N–H and O–H groups in total. The molecule has 0 spiro atoms. The van der Waals surface area contributed by atoms with E-state index in [9.17, 15) is 9.59 Å². The number of esters is 2. The van der Waals surface area contributed by atoms with Crippen molar-refractivity contribution in [1.29, 1.82) is 0 Å². The first-order chi connectivity index (χ1) is 9.13. The SMILES string of the molecule is C=C[C@H](Cc1ccccc1)C(C(=O)OC)C(=O)OC.